The van der Waals surface area contributed by atoms with E-state index in [4.69, 9.17) is 27.9 Å². The Balaban J connectivity index is 1.25. The molecule has 0 N–H and O–H groups in total. The van der Waals surface area contributed by atoms with Gasteiger partial charge in [0.1, 0.15) is 11.6 Å². The normalized spacial score (nSPS) is 22.6. The number of nitrogens with zero attached hydrogens (tertiary/aromatic N) is 4. The van der Waals surface area contributed by atoms with E-state index in [0.29, 0.717) is 68.5 Å². The average Bonchev–Trinajstić information content (AvgIpc) is 3.48. The van der Waals surface area contributed by atoms with Crippen LogP contribution in [0.25, 0.3) is 0 Å². The Hall–Kier alpha value is -3.37. The molecule has 3 unspecified atom stereocenters. The minimum absolute atomic E-state index is 0.00999. The van der Waals surface area contributed by atoms with Crippen LogP contribution in [0.15, 0.2) is 42.5 Å². The maximum atomic E-state index is 13.9. The van der Waals surface area contributed by atoms with Gasteiger partial charge in [-0.25, -0.2) is 9.18 Å². The molecule has 3 saturated heterocycles. The fourth-order valence-corrected chi connectivity index (χ4v) is 6.98. The molecule has 3 heterocycles. The maximum Gasteiger partial charge on any atom is 0.415 e. The highest BCUT2D eigenvalue weighted by Crippen LogP contribution is 2.36. The van der Waals surface area contributed by atoms with Crippen LogP contribution >= 0.6 is 23.2 Å². The molecule has 45 heavy (non-hydrogen) atoms. The minimum atomic E-state index is -0.627. The van der Waals surface area contributed by atoms with E-state index in [1.165, 1.54) is 29.2 Å². The van der Waals surface area contributed by atoms with Crippen molar-refractivity contribution in [2.45, 2.75) is 57.5 Å². The van der Waals surface area contributed by atoms with Gasteiger partial charge in [0.25, 0.3) is 0 Å². The van der Waals surface area contributed by atoms with E-state index in [2.05, 4.69) is 0 Å². The van der Waals surface area contributed by atoms with Crippen LogP contribution in [0.3, 0.4) is 0 Å². The van der Waals surface area contributed by atoms with E-state index in [0.717, 1.165) is 5.56 Å². The molecular weight excluding hydrogens is 622 g/mol. The molecule has 2 aromatic carbocycles. The van der Waals surface area contributed by atoms with Gasteiger partial charge in [0, 0.05) is 64.1 Å². The van der Waals surface area contributed by atoms with Gasteiger partial charge in [-0.15, -0.1) is 0 Å². The SMILES string of the molecule is CC(C)N1CC(C(=O)N2CCC(C(=O)N3CC(c4ccc(Cl)c(Cl)c4)C(N(C)C(=O)Oc4ccc(F)cc4)C3)CC2)CCC1=O. The Labute approximate surface area is 273 Å². The number of hydrogen-bond donors (Lipinski definition) is 0. The van der Waals surface area contributed by atoms with Crippen molar-refractivity contribution in [2.75, 3.05) is 39.8 Å². The fourth-order valence-electron chi connectivity index (χ4n) is 6.68. The molecule has 4 amide bonds. The molecule has 3 atom stereocenters. The number of piperidine rings is 2. The zero-order chi connectivity index (χ0) is 32.4. The number of amides is 4. The monoisotopic (exact) mass is 660 g/mol. The number of ether oxygens (including phenoxy) is 1. The summed E-state index contributed by atoms with van der Waals surface area (Å²) in [6, 6.07) is 10.1. The minimum Gasteiger partial charge on any atom is -0.410 e. The van der Waals surface area contributed by atoms with E-state index in [9.17, 15) is 23.6 Å². The Kier molecular flexibility index (Phi) is 10.2. The number of halogens is 3. The third kappa shape index (κ3) is 7.38. The van der Waals surface area contributed by atoms with Crippen molar-refractivity contribution in [2.24, 2.45) is 11.8 Å². The van der Waals surface area contributed by atoms with E-state index in [1.807, 2.05) is 24.8 Å². The van der Waals surface area contributed by atoms with E-state index < -0.39 is 18.0 Å². The Bertz CT molecular complexity index is 1430. The molecule has 2 aromatic rings. The van der Waals surface area contributed by atoms with Gasteiger partial charge in [-0.2, -0.15) is 0 Å². The molecule has 0 saturated carbocycles. The van der Waals surface area contributed by atoms with Crippen molar-refractivity contribution in [3.63, 3.8) is 0 Å². The predicted molar refractivity (Wildman–Crippen MR) is 169 cm³/mol. The summed E-state index contributed by atoms with van der Waals surface area (Å²) in [6.45, 7) is 6.00. The Morgan fingerprint density at radius 1 is 0.889 bits per heavy atom. The van der Waals surface area contributed by atoms with Crippen molar-refractivity contribution >= 4 is 47.0 Å². The highest BCUT2D eigenvalue weighted by Gasteiger charge is 2.43. The Morgan fingerprint density at radius 3 is 2.20 bits per heavy atom. The van der Waals surface area contributed by atoms with Crippen LogP contribution in [0.2, 0.25) is 10.0 Å². The molecule has 0 spiro atoms. The molecular formula is C33H39Cl2FN4O5. The number of benzene rings is 2. The van der Waals surface area contributed by atoms with Crippen LogP contribution in [0.4, 0.5) is 9.18 Å². The second-order valence-electron chi connectivity index (χ2n) is 12.5. The van der Waals surface area contributed by atoms with Crippen LogP contribution in [0, 0.1) is 17.7 Å². The molecule has 3 aliphatic rings. The highest BCUT2D eigenvalue weighted by molar-refractivity contribution is 6.42. The van der Waals surface area contributed by atoms with Gasteiger partial charge in [-0.1, -0.05) is 29.3 Å². The van der Waals surface area contributed by atoms with E-state index in [-0.39, 0.29) is 47.3 Å². The summed E-state index contributed by atoms with van der Waals surface area (Å²) in [6.07, 6.45) is 1.41. The number of likely N-dealkylation sites (N-methyl/N-ethyl adjacent to an activating group) is 1. The van der Waals surface area contributed by atoms with Crippen molar-refractivity contribution in [1.29, 1.82) is 0 Å². The predicted octanol–water partition coefficient (Wildman–Crippen LogP) is 5.44. The first kappa shape index (κ1) is 33.0. The summed E-state index contributed by atoms with van der Waals surface area (Å²) < 4.78 is 18.9. The van der Waals surface area contributed by atoms with Gasteiger partial charge in [-0.05, 0) is 75.1 Å². The molecule has 9 nitrogen and oxygen atoms in total. The number of carbonyl (C=O) groups excluding carboxylic acids is 4. The first-order valence-electron chi connectivity index (χ1n) is 15.4. The van der Waals surface area contributed by atoms with Crippen LogP contribution in [-0.2, 0) is 14.4 Å². The summed E-state index contributed by atoms with van der Waals surface area (Å²) in [7, 11) is 1.62. The molecule has 3 aliphatic heterocycles. The second kappa shape index (κ2) is 14.0. The molecule has 3 fully saturated rings. The number of carbonyl (C=O) groups is 4. The second-order valence-corrected chi connectivity index (χ2v) is 13.3. The number of rotatable bonds is 6. The average molecular weight is 662 g/mol. The summed E-state index contributed by atoms with van der Waals surface area (Å²) in [4.78, 5) is 59.5. The lowest BCUT2D eigenvalue weighted by molar-refractivity contribution is -0.147. The van der Waals surface area contributed by atoms with Crippen molar-refractivity contribution in [1.82, 2.24) is 19.6 Å². The molecule has 5 rings (SSSR count). The molecule has 0 radical (unpaired) electrons. The van der Waals surface area contributed by atoms with E-state index in [1.54, 1.807) is 29.0 Å². The van der Waals surface area contributed by atoms with Gasteiger partial charge >= 0.3 is 6.09 Å². The number of hydrogen-bond acceptors (Lipinski definition) is 5. The lowest BCUT2D eigenvalue weighted by atomic mass is 9.91. The van der Waals surface area contributed by atoms with Gasteiger partial charge in [0.15, 0.2) is 0 Å². The largest absolute Gasteiger partial charge is 0.415 e. The summed E-state index contributed by atoms with van der Waals surface area (Å²) in [5, 5.41) is 0.787. The molecule has 242 valence electrons. The lowest BCUT2D eigenvalue weighted by Crippen LogP contribution is -2.51. The topological polar surface area (TPSA) is 90.5 Å². The summed E-state index contributed by atoms with van der Waals surface area (Å²) in [5.74, 6) is -0.808. The standard InChI is InChI=1S/C33H39Cl2FN4O5/c1-20(2)40-17-23(5-11-30(40)41)32(43)38-14-12-21(13-15-38)31(42)39-18-26(22-4-10-27(34)28(35)16-22)29(19-39)37(3)33(44)45-25-8-6-24(36)7-9-25/h4,6-10,16,20-21,23,26,29H,5,11-15,17-19H2,1-3H3. The van der Waals surface area contributed by atoms with E-state index >= 15 is 0 Å². The number of likely N-dealkylation sites (tertiary alicyclic amines) is 3. The first-order chi connectivity index (χ1) is 21.4. The third-order valence-corrected chi connectivity index (χ3v) is 10.1. The van der Waals surface area contributed by atoms with Crippen molar-refractivity contribution in [3.8, 4) is 5.75 Å². The van der Waals surface area contributed by atoms with Gasteiger partial charge in [-0.3, -0.25) is 14.4 Å². The van der Waals surface area contributed by atoms with Crippen LogP contribution in [0.5, 0.6) is 5.75 Å². The van der Waals surface area contributed by atoms with Gasteiger partial charge < -0.3 is 24.3 Å². The first-order valence-corrected chi connectivity index (χ1v) is 16.2. The smallest absolute Gasteiger partial charge is 0.410 e. The highest BCUT2D eigenvalue weighted by atomic mass is 35.5. The zero-order valence-electron chi connectivity index (χ0n) is 25.8. The fraction of sp³-hybridized carbons (Fsp3) is 0.515. The van der Waals surface area contributed by atoms with Crippen LogP contribution < -0.4 is 4.74 Å². The molecule has 0 aromatic heterocycles. The van der Waals surface area contributed by atoms with Gasteiger partial charge in [0.05, 0.1) is 22.0 Å². The molecule has 0 aliphatic carbocycles. The van der Waals surface area contributed by atoms with Crippen LogP contribution in [-0.4, -0.2) is 95.3 Å². The quantitative estimate of drug-likeness (QED) is 0.412. The molecule has 12 heteroatoms. The maximum absolute atomic E-state index is 13.9. The van der Waals surface area contributed by atoms with Crippen molar-refractivity contribution in [3.05, 3.63) is 63.9 Å². The van der Waals surface area contributed by atoms with Crippen molar-refractivity contribution < 1.29 is 28.3 Å². The van der Waals surface area contributed by atoms with Crippen LogP contribution in [0.1, 0.15) is 51.0 Å². The third-order valence-electron chi connectivity index (χ3n) is 9.35. The molecule has 0 bridgehead atoms. The Morgan fingerprint density at radius 2 is 1.56 bits per heavy atom. The summed E-state index contributed by atoms with van der Waals surface area (Å²) >= 11 is 12.5. The van der Waals surface area contributed by atoms with Gasteiger partial charge in [0.2, 0.25) is 17.7 Å². The lowest BCUT2D eigenvalue weighted by Gasteiger charge is -2.39. The zero-order valence-corrected chi connectivity index (χ0v) is 27.3. The summed E-state index contributed by atoms with van der Waals surface area (Å²) in [5.41, 5.74) is 0.841.